The number of rotatable bonds is 5. The van der Waals surface area contributed by atoms with E-state index in [1.54, 1.807) is 6.92 Å². The highest BCUT2D eigenvalue weighted by atomic mass is 79.9. The lowest BCUT2D eigenvalue weighted by molar-refractivity contribution is -0.128. The second-order valence-electron chi connectivity index (χ2n) is 5.04. The minimum atomic E-state index is -0.544. The summed E-state index contributed by atoms with van der Waals surface area (Å²) in [5.74, 6) is 0.545. The summed E-state index contributed by atoms with van der Waals surface area (Å²) in [6.45, 7) is 4.50. The van der Waals surface area contributed by atoms with Crippen molar-refractivity contribution in [3.05, 3.63) is 28.7 Å². The molecule has 5 heteroatoms. The van der Waals surface area contributed by atoms with Crippen LogP contribution < -0.4 is 10.1 Å². The number of nitrogens with one attached hydrogen (secondary N) is 1. The van der Waals surface area contributed by atoms with Gasteiger partial charge in [0.15, 0.2) is 6.10 Å². The van der Waals surface area contributed by atoms with Crippen LogP contribution in [0.2, 0.25) is 0 Å². The largest absolute Gasteiger partial charge is 0.480 e. The molecule has 0 aromatic heterocycles. The zero-order valence-corrected chi connectivity index (χ0v) is 13.4. The summed E-state index contributed by atoms with van der Waals surface area (Å²) < 4.78 is 12.1. The third-order valence-corrected chi connectivity index (χ3v) is 4.06. The van der Waals surface area contributed by atoms with E-state index in [1.807, 2.05) is 31.2 Å². The van der Waals surface area contributed by atoms with Gasteiger partial charge in [-0.2, -0.15) is 0 Å². The molecular weight excluding hydrogens is 322 g/mol. The lowest BCUT2D eigenvalue weighted by atomic mass is 10.1. The normalized spacial score (nSPS) is 21.2. The van der Waals surface area contributed by atoms with Gasteiger partial charge in [0.2, 0.25) is 0 Å². The molecule has 1 fully saturated rings. The summed E-state index contributed by atoms with van der Waals surface area (Å²) in [6.07, 6.45) is 1.64. The molecule has 1 aliphatic heterocycles. The highest BCUT2D eigenvalue weighted by Gasteiger charge is 2.25. The smallest absolute Gasteiger partial charge is 0.261 e. The van der Waals surface area contributed by atoms with E-state index in [0.29, 0.717) is 5.75 Å². The Labute approximate surface area is 128 Å². The van der Waals surface area contributed by atoms with Gasteiger partial charge in [-0.3, -0.25) is 4.79 Å². The molecule has 0 aliphatic carbocycles. The van der Waals surface area contributed by atoms with Gasteiger partial charge in [0.25, 0.3) is 5.91 Å². The third kappa shape index (κ3) is 3.96. The van der Waals surface area contributed by atoms with Crippen molar-refractivity contribution >= 4 is 21.8 Å². The summed E-state index contributed by atoms with van der Waals surface area (Å²) in [5, 5.41) is 2.96. The molecule has 0 saturated carbocycles. The maximum atomic E-state index is 12.1. The van der Waals surface area contributed by atoms with Gasteiger partial charge in [0.05, 0.1) is 16.6 Å². The number of benzene rings is 1. The van der Waals surface area contributed by atoms with Gasteiger partial charge in [-0.05, 0) is 54.8 Å². The van der Waals surface area contributed by atoms with Crippen molar-refractivity contribution in [1.29, 1.82) is 0 Å². The van der Waals surface area contributed by atoms with Gasteiger partial charge >= 0.3 is 0 Å². The Balaban J connectivity index is 1.87. The average molecular weight is 342 g/mol. The Morgan fingerprint density at radius 1 is 1.45 bits per heavy atom. The lowest BCUT2D eigenvalue weighted by Gasteiger charge is -2.22. The third-order valence-electron chi connectivity index (χ3n) is 3.40. The van der Waals surface area contributed by atoms with Crippen LogP contribution in [0, 0.1) is 0 Å². The Bertz CT molecular complexity index is 460. The molecule has 1 heterocycles. The van der Waals surface area contributed by atoms with E-state index in [9.17, 15) is 4.79 Å². The highest BCUT2D eigenvalue weighted by molar-refractivity contribution is 9.10. The first-order valence-corrected chi connectivity index (χ1v) is 7.70. The van der Waals surface area contributed by atoms with Crippen molar-refractivity contribution in [1.82, 2.24) is 5.32 Å². The first-order chi connectivity index (χ1) is 9.58. The van der Waals surface area contributed by atoms with Crippen molar-refractivity contribution < 1.29 is 14.3 Å². The molecule has 1 amide bonds. The van der Waals surface area contributed by atoms with Crippen LogP contribution in [0.15, 0.2) is 28.7 Å². The van der Waals surface area contributed by atoms with E-state index in [-0.39, 0.29) is 18.1 Å². The Kier molecular flexibility index (Phi) is 5.43. The molecule has 0 spiro atoms. The molecule has 0 unspecified atom stereocenters. The van der Waals surface area contributed by atoms with E-state index >= 15 is 0 Å². The maximum absolute atomic E-state index is 12.1. The number of hydrogen-bond donors (Lipinski definition) is 1. The summed E-state index contributed by atoms with van der Waals surface area (Å²) in [6, 6.07) is 7.50. The monoisotopic (exact) mass is 341 g/mol. The number of halogens is 1. The molecule has 0 radical (unpaired) electrons. The van der Waals surface area contributed by atoms with Crippen LogP contribution in [0.4, 0.5) is 0 Å². The van der Waals surface area contributed by atoms with E-state index in [2.05, 4.69) is 21.2 Å². The Morgan fingerprint density at radius 3 is 2.85 bits per heavy atom. The molecule has 1 aromatic rings. The minimum Gasteiger partial charge on any atom is -0.480 e. The summed E-state index contributed by atoms with van der Waals surface area (Å²) in [5.41, 5.74) is 0. The fourth-order valence-corrected chi connectivity index (χ4v) is 2.59. The van der Waals surface area contributed by atoms with Crippen molar-refractivity contribution in [2.24, 2.45) is 0 Å². The quantitative estimate of drug-likeness (QED) is 0.895. The van der Waals surface area contributed by atoms with Crippen LogP contribution in [0.1, 0.15) is 26.7 Å². The van der Waals surface area contributed by atoms with Gasteiger partial charge in [-0.15, -0.1) is 0 Å². The molecule has 1 N–H and O–H groups in total. The second-order valence-corrected chi connectivity index (χ2v) is 5.89. The van der Waals surface area contributed by atoms with Crippen LogP contribution >= 0.6 is 15.9 Å². The van der Waals surface area contributed by atoms with E-state index < -0.39 is 6.10 Å². The predicted molar refractivity (Wildman–Crippen MR) is 80.8 cm³/mol. The molecular formula is C15H20BrNO3. The van der Waals surface area contributed by atoms with Crippen LogP contribution in [-0.2, 0) is 9.53 Å². The standard InChI is InChI=1S/C15H20BrNO3/c1-10(13-8-5-9-19-13)17-15(18)11(2)20-14-7-4-3-6-12(14)16/h3-4,6-7,10-11,13H,5,8-9H2,1-2H3,(H,17,18)/t10-,11+,13+/m1/s1. The summed E-state index contributed by atoms with van der Waals surface area (Å²) >= 11 is 3.40. The first kappa shape index (κ1) is 15.3. The van der Waals surface area contributed by atoms with Crippen LogP contribution in [0.5, 0.6) is 5.75 Å². The van der Waals surface area contributed by atoms with Gasteiger partial charge in [0, 0.05) is 6.61 Å². The molecule has 2 rings (SSSR count). The predicted octanol–water partition coefficient (Wildman–Crippen LogP) is 2.90. The molecule has 1 saturated heterocycles. The van der Waals surface area contributed by atoms with E-state index in [4.69, 9.17) is 9.47 Å². The topological polar surface area (TPSA) is 47.6 Å². The zero-order chi connectivity index (χ0) is 14.5. The summed E-state index contributed by atoms with van der Waals surface area (Å²) in [7, 11) is 0. The molecule has 3 atom stereocenters. The van der Waals surface area contributed by atoms with Crippen LogP contribution in [-0.4, -0.2) is 30.8 Å². The second kappa shape index (κ2) is 7.09. The fourth-order valence-electron chi connectivity index (χ4n) is 2.22. The Hall–Kier alpha value is -1.07. The summed E-state index contributed by atoms with van der Waals surface area (Å²) in [4.78, 5) is 12.1. The zero-order valence-electron chi connectivity index (χ0n) is 11.8. The van der Waals surface area contributed by atoms with Crippen molar-refractivity contribution in [2.45, 2.75) is 44.9 Å². The van der Waals surface area contributed by atoms with Crippen LogP contribution in [0.3, 0.4) is 0 Å². The lowest BCUT2D eigenvalue weighted by Crippen LogP contribution is -2.46. The number of hydrogen-bond acceptors (Lipinski definition) is 3. The van der Waals surface area contributed by atoms with Gasteiger partial charge in [-0.25, -0.2) is 0 Å². The molecule has 1 aliphatic rings. The average Bonchev–Trinajstić information content (AvgIpc) is 2.95. The van der Waals surface area contributed by atoms with Gasteiger partial charge in [-0.1, -0.05) is 12.1 Å². The first-order valence-electron chi connectivity index (χ1n) is 6.91. The number of ether oxygens (including phenoxy) is 2. The van der Waals surface area contributed by atoms with Gasteiger partial charge in [0.1, 0.15) is 5.75 Å². The SMILES string of the molecule is C[C@H](Oc1ccccc1Br)C(=O)N[C@H](C)[C@@H]1CCCO1. The number of amides is 1. The Morgan fingerprint density at radius 2 is 2.20 bits per heavy atom. The van der Waals surface area contributed by atoms with Crippen molar-refractivity contribution in [2.75, 3.05) is 6.61 Å². The van der Waals surface area contributed by atoms with Crippen molar-refractivity contribution in [3.8, 4) is 5.75 Å². The molecule has 1 aromatic carbocycles. The maximum Gasteiger partial charge on any atom is 0.261 e. The highest BCUT2D eigenvalue weighted by Crippen LogP contribution is 2.25. The molecule has 4 nitrogen and oxygen atoms in total. The van der Waals surface area contributed by atoms with E-state index in [1.165, 1.54) is 0 Å². The van der Waals surface area contributed by atoms with Crippen molar-refractivity contribution in [3.63, 3.8) is 0 Å². The molecule has 0 bridgehead atoms. The van der Waals surface area contributed by atoms with E-state index in [0.717, 1.165) is 23.9 Å². The number of carbonyl (C=O) groups excluding carboxylic acids is 1. The molecule has 20 heavy (non-hydrogen) atoms. The number of carbonyl (C=O) groups is 1. The number of para-hydroxylation sites is 1. The minimum absolute atomic E-state index is 0.00950. The van der Waals surface area contributed by atoms with Gasteiger partial charge < -0.3 is 14.8 Å². The molecule has 110 valence electrons. The fraction of sp³-hybridized carbons (Fsp3) is 0.533. The van der Waals surface area contributed by atoms with Crippen LogP contribution in [0.25, 0.3) is 0 Å².